The molecule has 12 heavy (non-hydrogen) atoms. The Kier molecular flexibility index (Phi) is 2.28. The van der Waals surface area contributed by atoms with E-state index in [2.05, 4.69) is 4.99 Å². The molecular formula is C8H9FN2O. The van der Waals surface area contributed by atoms with Gasteiger partial charge in [0.05, 0.1) is 0 Å². The third-order valence-corrected chi connectivity index (χ3v) is 1.42. The number of phenols is 1. The van der Waals surface area contributed by atoms with Gasteiger partial charge in [0.2, 0.25) is 0 Å². The normalized spacial score (nSPS) is 11.7. The van der Waals surface area contributed by atoms with E-state index in [-0.39, 0.29) is 11.6 Å². The molecule has 0 heterocycles. The second-order valence-electron chi connectivity index (χ2n) is 2.31. The van der Waals surface area contributed by atoms with E-state index in [1.807, 2.05) is 0 Å². The van der Waals surface area contributed by atoms with E-state index in [0.717, 1.165) is 6.07 Å². The first-order valence-electron chi connectivity index (χ1n) is 3.35. The number of nitrogens with zero attached hydrogens (tertiary/aromatic N) is 1. The predicted molar refractivity (Wildman–Crippen MR) is 44.7 cm³/mol. The van der Waals surface area contributed by atoms with Gasteiger partial charge in [-0.25, -0.2) is 4.39 Å². The Bertz CT molecular complexity index is 303. The molecule has 0 unspecified atom stereocenters. The first-order chi connectivity index (χ1) is 5.63. The van der Waals surface area contributed by atoms with E-state index in [9.17, 15) is 4.39 Å². The first-order valence-corrected chi connectivity index (χ1v) is 3.35. The summed E-state index contributed by atoms with van der Waals surface area (Å²) in [4.78, 5) is 3.66. The Morgan fingerprint density at radius 2 is 2.17 bits per heavy atom. The van der Waals surface area contributed by atoms with Crippen LogP contribution in [-0.4, -0.2) is 18.0 Å². The van der Waals surface area contributed by atoms with Crippen LogP contribution in [0.1, 0.15) is 5.56 Å². The highest BCUT2D eigenvalue weighted by molar-refractivity contribution is 5.97. The number of hydrogen-bond acceptors (Lipinski definition) is 2. The summed E-state index contributed by atoms with van der Waals surface area (Å²) in [6.45, 7) is 0. The molecule has 0 aliphatic carbocycles. The van der Waals surface area contributed by atoms with Crippen LogP contribution < -0.4 is 5.73 Å². The Morgan fingerprint density at radius 1 is 1.50 bits per heavy atom. The first kappa shape index (κ1) is 8.52. The van der Waals surface area contributed by atoms with Gasteiger partial charge in [-0.15, -0.1) is 0 Å². The van der Waals surface area contributed by atoms with Crippen molar-refractivity contribution in [2.45, 2.75) is 0 Å². The summed E-state index contributed by atoms with van der Waals surface area (Å²) in [6.07, 6.45) is 0. The molecule has 0 bridgehead atoms. The van der Waals surface area contributed by atoms with Crippen LogP contribution in [0.25, 0.3) is 0 Å². The zero-order chi connectivity index (χ0) is 9.14. The van der Waals surface area contributed by atoms with Crippen molar-refractivity contribution in [1.29, 1.82) is 0 Å². The lowest BCUT2D eigenvalue weighted by atomic mass is 10.2. The molecule has 0 amide bonds. The third kappa shape index (κ3) is 1.72. The number of phenolic OH excluding ortho intramolecular Hbond substituents is 1. The molecule has 4 heteroatoms. The zero-order valence-electron chi connectivity index (χ0n) is 6.58. The van der Waals surface area contributed by atoms with Crippen molar-refractivity contribution >= 4 is 5.84 Å². The molecule has 0 saturated heterocycles. The lowest BCUT2D eigenvalue weighted by molar-refractivity contribution is 0.469. The van der Waals surface area contributed by atoms with Crippen molar-refractivity contribution in [1.82, 2.24) is 0 Å². The van der Waals surface area contributed by atoms with Crippen LogP contribution in [0.15, 0.2) is 23.2 Å². The second kappa shape index (κ2) is 3.21. The van der Waals surface area contributed by atoms with Crippen LogP contribution >= 0.6 is 0 Å². The maximum Gasteiger partial charge on any atom is 0.127 e. The van der Waals surface area contributed by atoms with Crippen LogP contribution in [0, 0.1) is 5.82 Å². The Labute approximate surface area is 69.4 Å². The maximum absolute atomic E-state index is 12.7. The molecule has 1 aromatic rings. The fraction of sp³-hybridized carbons (Fsp3) is 0.125. The minimum Gasteiger partial charge on any atom is -0.508 e. The zero-order valence-corrected chi connectivity index (χ0v) is 6.58. The minimum absolute atomic E-state index is 0.156. The number of nitrogens with two attached hydrogens (primary N) is 1. The van der Waals surface area contributed by atoms with E-state index in [4.69, 9.17) is 10.8 Å². The van der Waals surface area contributed by atoms with Gasteiger partial charge in [0.15, 0.2) is 0 Å². The smallest absolute Gasteiger partial charge is 0.127 e. The predicted octanol–water partition coefficient (Wildman–Crippen LogP) is 0.866. The molecule has 3 N–H and O–H groups in total. The van der Waals surface area contributed by atoms with E-state index >= 15 is 0 Å². The number of amidine groups is 1. The van der Waals surface area contributed by atoms with Crippen molar-refractivity contribution < 1.29 is 9.50 Å². The fourth-order valence-corrected chi connectivity index (χ4v) is 0.851. The van der Waals surface area contributed by atoms with Gasteiger partial charge in [0.25, 0.3) is 0 Å². The number of rotatable bonds is 1. The van der Waals surface area contributed by atoms with Gasteiger partial charge in [0, 0.05) is 18.7 Å². The standard InChI is InChI=1S/C8H9FN2O/c1-11-8(10)5-2-6(9)4-7(12)3-5/h2-4,12H,1H3,(H2,10,11). The SMILES string of the molecule is CN=C(N)c1cc(O)cc(F)c1. The molecule has 0 fully saturated rings. The second-order valence-corrected chi connectivity index (χ2v) is 2.31. The van der Waals surface area contributed by atoms with Gasteiger partial charge < -0.3 is 10.8 Å². The van der Waals surface area contributed by atoms with E-state index in [1.165, 1.54) is 19.2 Å². The van der Waals surface area contributed by atoms with Gasteiger partial charge in [-0.2, -0.15) is 0 Å². The summed E-state index contributed by atoms with van der Waals surface area (Å²) in [7, 11) is 1.50. The fourth-order valence-electron chi connectivity index (χ4n) is 0.851. The van der Waals surface area contributed by atoms with E-state index < -0.39 is 5.82 Å². The highest BCUT2D eigenvalue weighted by Gasteiger charge is 2.01. The number of hydrogen-bond donors (Lipinski definition) is 2. The number of aromatic hydroxyl groups is 1. The Balaban J connectivity index is 3.17. The van der Waals surface area contributed by atoms with Crippen molar-refractivity contribution in [3.63, 3.8) is 0 Å². The summed E-state index contributed by atoms with van der Waals surface area (Å²) in [5, 5.41) is 8.99. The Hall–Kier alpha value is -1.58. The Morgan fingerprint density at radius 3 is 2.67 bits per heavy atom. The quantitative estimate of drug-likeness (QED) is 0.482. The molecule has 0 aromatic heterocycles. The molecule has 64 valence electrons. The molecule has 0 radical (unpaired) electrons. The summed E-state index contributed by atoms with van der Waals surface area (Å²) >= 11 is 0. The minimum atomic E-state index is -0.531. The summed E-state index contributed by atoms with van der Waals surface area (Å²) < 4.78 is 12.7. The number of aliphatic imine (C=N–C) groups is 1. The van der Waals surface area contributed by atoms with Crippen LogP contribution in [-0.2, 0) is 0 Å². The number of benzene rings is 1. The third-order valence-electron chi connectivity index (χ3n) is 1.42. The number of halogens is 1. The van der Waals surface area contributed by atoms with Gasteiger partial charge in [-0.1, -0.05) is 0 Å². The average molecular weight is 168 g/mol. The van der Waals surface area contributed by atoms with Gasteiger partial charge >= 0.3 is 0 Å². The average Bonchev–Trinajstić information content (AvgIpc) is 2.01. The van der Waals surface area contributed by atoms with Crippen LogP contribution in [0.5, 0.6) is 5.75 Å². The van der Waals surface area contributed by atoms with Gasteiger partial charge in [0.1, 0.15) is 17.4 Å². The van der Waals surface area contributed by atoms with Crippen LogP contribution in [0.2, 0.25) is 0 Å². The van der Waals surface area contributed by atoms with E-state index in [1.54, 1.807) is 0 Å². The molecule has 1 aromatic carbocycles. The summed E-state index contributed by atoms with van der Waals surface area (Å²) in [6, 6.07) is 3.57. The summed E-state index contributed by atoms with van der Waals surface area (Å²) in [5.41, 5.74) is 5.79. The molecule has 3 nitrogen and oxygen atoms in total. The molecule has 0 atom stereocenters. The monoisotopic (exact) mass is 168 g/mol. The van der Waals surface area contributed by atoms with Crippen molar-refractivity contribution in [3.05, 3.63) is 29.6 Å². The molecule has 0 spiro atoms. The lowest BCUT2D eigenvalue weighted by Crippen LogP contribution is -2.12. The van der Waals surface area contributed by atoms with Gasteiger partial charge in [-0.3, -0.25) is 4.99 Å². The van der Waals surface area contributed by atoms with E-state index in [0.29, 0.717) is 5.56 Å². The van der Waals surface area contributed by atoms with Crippen LogP contribution in [0.3, 0.4) is 0 Å². The van der Waals surface area contributed by atoms with Gasteiger partial charge in [-0.05, 0) is 12.1 Å². The highest BCUT2D eigenvalue weighted by Crippen LogP contribution is 2.13. The topological polar surface area (TPSA) is 58.6 Å². The van der Waals surface area contributed by atoms with Crippen molar-refractivity contribution in [2.24, 2.45) is 10.7 Å². The molecule has 0 aliphatic heterocycles. The summed E-state index contributed by atoms with van der Waals surface area (Å²) in [5.74, 6) is -0.488. The largest absolute Gasteiger partial charge is 0.508 e. The van der Waals surface area contributed by atoms with Crippen LogP contribution in [0.4, 0.5) is 4.39 Å². The maximum atomic E-state index is 12.7. The highest BCUT2D eigenvalue weighted by atomic mass is 19.1. The lowest BCUT2D eigenvalue weighted by Gasteiger charge is -2.00. The van der Waals surface area contributed by atoms with Crippen molar-refractivity contribution in [2.75, 3.05) is 7.05 Å². The molecule has 0 aliphatic rings. The molecule has 0 saturated carbocycles. The molecular weight excluding hydrogens is 159 g/mol. The van der Waals surface area contributed by atoms with Crippen molar-refractivity contribution in [3.8, 4) is 5.75 Å². The molecule has 1 rings (SSSR count).